The molecular weight excluding hydrogens is 226 g/mol. The fraction of sp³-hybridized carbons (Fsp3) is 0.500. The number of nitrogens with zero attached hydrogens (tertiary/aromatic N) is 2. The molecule has 100 valence electrons. The Kier molecular flexibility index (Phi) is 5.16. The maximum Gasteiger partial charge on any atom is 0.239 e. The molecule has 0 aliphatic heterocycles. The SMILES string of the molecule is CCN(Cc1ccc(N(C)C)cc1)C(=O)[C@@H](C)N. The summed E-state index contributed by atoms with van der Waals surface area (Å²) in [5.74, 6) is -0.00538. The van der Waals surface area contributed by atoms with Gasteiger partial charge in [0, 0.05) is 32.9 Å². The van der Waals surface area contributed by atoms with E-state index in [1.165, 1.54) is 0 Å². The number of benzene rings is 1. The van der Waals surface area contributed by atoms with Crippen molar-refractivity contribution in [3.05, 3.63) is 29.8 Å². The molecule has 0 aliphatic carbocycles. The molecule has 4 heteroatoms. The molecule has 1 rings (SSSR count). The smallest absolute Gasteiger partial charge is 0.239 e. The van der Waals surface area contributed by atoms with Crippen molar-refractivity contribution in [2.45, 2.75) is 26.4 Å². The maximum absolute atomic E-state index is 11.8. The van der Waals surface area contributed by atoms with Crippen molar-refractivity contribution in [3.8, 4) is 0 Å². The molecule has 0 aliphatic rings. The summed E-state index contributed by atoms with van der Waals surface area (Å²) in [6, 6.07) is 7.77. The molecule has 0 radical (unpaired) electrons. The number of carbonyl (C=O) groups is 1. The van der Waals surface area contributed by atoms with Crippen molar-refractivity contribution in [1.29, 1.82) is 0 Å². The fourth-order valence-electron chi connectivity index (χ4n) is 1.75. The zero-order valence-electron chi connectivity index (χ0n) is 11.7. The van der Waals surface area contributed by atoms with Crippen molar-refractivity contribution in [3.63, 3.8) is 0 Å². The molecule has 0 aromatic heterocycles. The maximum atomic E-state index is 11.8. The molecule has 1 aromatic rings. The molecule has 0 unspecified atom stereocenters. The fourth-order valence-corrected chi connectivity index (χ4v) is 1.75. The first-order valence-electron chi connectivity index (χ1n) is 6.26. The van der Waals surface area contributed by atoms with E-state index < -0.39 is 6.04 Å². The molecule has 1 aromatic carbocycles. The summed E-state index contributed by atoms with van der Waals surface area (Å²) in [6.45, 7) is 4.98. The van der Waals surface area contributed by atoms with Gasteiger partial charge in [0.2, 0.25) is 5.91 Å². The van der Waals surface area contributed by atoms with E-state index in [9.17, 15) is 4.79 Å². The Bertz CT molecular complexity index is 385. The standard InChI is InChI=1S/C14H23N3O/c1-5-17(14(18)11(2)15)10-12-6-8-13(9-7-12)16(3)4/h6-9,11H,5,10,15H2,1-4H3/t11-/m1/s1. The molecule has 0 fully saturated rings. The summed E-state index contributed by atoms with van der Waals surface area (Å²) >= 11 is 0. The van der Waals surface area contributed by atoms with Crippen LogP contribution in [0.15, 0.2) is 24.3 Å². The zero-order valence-corrected chi connectivity index (χ0v) is 11.7. The Morgan fingerprint density at radius 3 is 2.22 bits per heavy atom. The van der Waals surface area contributed by atoms with Gasteiger partial charge in [-0.25, -0.2) is 0 Å². The quantitative estimate of drug-likeness (QED) is 0.859. The van der Waals surface area contributed by atoms with Crippen LogP contribution in [0.25, 0.3) is 0 Å². The Morgan fingerprint density at radius 2 is 1.83 bits per heavy atom. The number of likely N-dealkylation sites (N-methyl/N-ethyl adjacent to an activating group) is 1. The minimum Gasteiger partial charge on any atom is -0.378 e. The van der Waals surface area contributed by atoms with E-state index in [1.807, 2.05) is 33.2 Å². The molecular formula is C14H23N3O. The summed E-state index contributed by atoms with van der Waals surface area (Å²) in [6.07, 6.45) is 0. The first-order chi connectivity index (χ1) is 8.45. The molecule has 1 amide bonds. The number of hydrogen-bond acceptors (Lipinski definition) is 3. The lowest BCUT2D eigenvalue weighted by Crippen LogP contribution is -2.41. The van der Waals surface area contributed by atoms with Gasteiger partial charge in [0.1, 0.15) is 0 Å². The van der Waals surface area contributed by atoms with Gasteiger partial charge in [0.15, 0.2) is 0 Å². The monoisotopic (exact) mass is 249 g/mol. The van der Waals surface area contributed by atoms with E-state index in [0.29, 0.717) is 13.1 Å². The van der Waals surface area contributed by atoms with Crippen molar-refractivity contribution in [2.75, 3.05) is 25.5 Å². The number of rotatable bonds is 5. The molecule has 0 saturated heterocycles. The Morgan fingerprint density at radius 1 is 1.28 bits per heavy atom. The predicted molar refractivity (Wildman–Crippen MR) is 75.5 cm³/mol. The molecule has 0 saturated carbocycles. The van der Waals surface area contributed by atoms with Crippen LogP contribution in [0.1, 0.15) is 19.4 Å². The van der Waals surface area contributed by atoms with Crippen molar-refractivity contribution in [1.82, 2.24) is 4.90 Å². The highest BCUT2D eigenvalue weighted by atomic mass is 16.2. The van der Waals surface area contributed by atoms with Crippen LogP contribution in [0.5, 0.6) is 0 Å². The average molecular weight is 249 g/mol. The Hall–Kier alpha value is -1.55. The molecule has 4 nitrogen and oxygen atoms in total. The summed E-state index contributed by atoms with van der Waals surface area (Å²) in [5, 5.41) is 0. The lowest BCUT2D eigenvalue weighted by atomic mass is 10.1. The number of nitrogens with two attached hydrogens (primary N) is 1. The number of carbonyl (C=O) groups excluding carboxylic acids is 1. The van der Waals surface area contributed by atoms with Crippen LogP contribution in [0, 0.1) is 0 Å². The van der Waals surface area contributed by atoms with Gasteiger partial charge in [0.05, 0.1) is 6.04 Å². The Labute approximate surface area is 109 Å². The second kappa shape index (κ2) is 6.40. The third-order valence-corrected chi connectivity index (χ3v) is 2.91. The van der Waals surface area contributed by atoms with Gasteiger partial charge >= 0.3 is 0 Å². The van der Waals surface area contributed by atoms with Gasteiger partial charge < -0.3 is 15.5 Å². The third-order valence-electron chi connectivity index (χ3n) is 2.91. The largest absolute Gasteiger partial charge is 0.378 e. The van der Waals surface area contributed by atoms with Crippen LogP contribution in [-0.2, 0) is 11.3 Å². The van der Waals surface area contributed by atoms with Crippen LogP contribution in [0.4, 0.5) is 5.69 Å². The van der Waals surface area contributed by atoms with E-state index in [2.05, 4.69) is 17.0 Å². The van der Waals surface area contributed by atoms with Gasteiger partial charge in [-0.2, -0.15) is 0 Å². The van der Waals surface area contributed by atoms with Gasteiger partial charge in [-0.1, -0.05) is 12.1 Å². The van der Waals surface area contributed by atoms with Crippen LogP contribution >= 0.6 is 0 Å². The minimum atomic E-state index is -0.439. The highest BCUT2D eigenvalue weighted by Gasteiger charge is 2.15. The van der Waals surface area contributed by atoms with Gasteiger partial charge in [-0.05, 0) is 31.5 Å². The minimum absolute atomic E-state index is 0.00538. The second-order valence-electron chi connectivity index (χ2n) is 4.70. The molecule has 0 heterocycles. The normalized spacial score (nSPS) is 12.1. The summed E-state index contributed by atoms with van der Waals surface area (Å²) in [7, 11) is 4.01. The molecule has 1 atom stereocenters. The topological polar surface area (TPSA) is 49.6 Å². The van der Waals surface area contributed by atoms with E-state index in [-0.39, 0.29) is 5.91 Å². The van der Waals surface area contributed by atoms with Crippen molar-refractivity contribution >= 4 is 11.6 Å². The lowest BCUT2D eigenvalue weighted by Gasteiger charge is -2.23. The van der Waals surface area contributed by atoms with Crippen LogP contribution in [0.3, 0.4) is 0 Å². The van der Waals surface area contributed by atoms with E-state index in [1.54, 1.807) is 11.8 Å². The first-order valence-corrected chi connectivity index (χ1v) is 6.26. The van der Waals surface area contributed by atoms with E-state index in [4.69, 9.17) is 5.73 Å². The number of anilines is 1. The van der Waals surface area contributed by atoms with E-state index in [0.717, 1.165) is 11.3 Å². The highest BCUT2D eigenvalue weighted by Crippen LogP contribution is 2.14. The van der Waals surface area contributed by atoms with Gasteiger partial charge in [-0.3, -0.25) is 4.79 Å². The zero-order chi connectivity index (χ0) is 13.7. The third kappa shape index (κ3) is 3.74. The summed E-state index contributed by atoms with van der Waals surface area (Å²) in [5.41, 5.74) is 7.91. The summed E-state index contributed by atoms with van der Waals surface area (Å²) < 4.78 is 0. The van der Waals surface area contributed by atoms with Crippen molar-refractivity contribution < 1.29 is 4.79 Å². The lowest BCUT2D eigenvalue weighted by molar-refractivity contribution is -0.132. The molecule has 0 bridgehead atoms. The molecule has 0 spiro atoms. The van der Waals surface area contributed by atoms with Gasteiger partial charge in [-0.15, -0.1) is 0 Å². The van der Waals surface area contributed by atoms with Crippen LogP contribution in [-0.4, -0.2) is 37.5 Å². The second-order valence-corrected chi connectivity index (χ2v) is 4.70. The molecule has 18 heavy (non-hydrogen) atoms. The van der Waals surface area contributed by atoms with E-state index >= 15 is 0 Å². The first kappa shape index (κ1) is 14.5. The number of amides is 1. The van der Waals surface area contributed by atoms with Crippen LogP contribution in [0.2, 0.25) is 0 Å². The number of hydrogen-bond donors (Lipinski definition) is 1. The van der Waals surface area contributed by atoms with Crippen molar-refractivity contribution in [2.24, 2.45) is 5.73 Å². The predicted octanol–water partition coefficient (Wildman–Crippen LogP) is 1.45. The summed E-state index contributed by atoms with van der Waals surface area (Å²) in [4.78, 5) is 15.7. The average Bonchev–Trinajstić information content (AvgIpc) is 2.35. The molecule has 2 N–H and O–H groups in total. The Balaban J connectivity index is 2.73. The highest BCUT2D eigenvalue weighted by molar-refractivity contribution is 5.81. The van der Waals surface area contributed by atoms with Crippen LogP contribution < -0.4 is 10.6 Å². The van der Waals surface area contributed by atoms with Gasteiger partial charge in [0.25, 0.3) is 0 Å².